The summed E-state index contributed by atoms with van der Waals surface area (Å²) >= 11 is 0. The topological polar surface area (TPSA) is 56.3 Å². The van der Waals surface area contributed by atoms with Crippen LogP contribution in [-0.2, 0) is 6.42 Å². The van der Waals surface area contributed by atoms with Gasteiger partial charge in [0.05, 0.1) is 14.2 Å². The van der Waals surface area contributed by atoms with Gasteiger partial charge in [-0.15, -0.1) is 0 Å². The van der Waals surface area contributed by atoms with Gasteiger partial charge in [0, 0.05) is 24.7 Å². The van der Waals surface area contributed by atoms with E-state index >= 15 is 0 Å². The third-order valence-corrected chi connectivity index (χ3v) is 3.07. The Bertz CT molecular complexity index is 614. The maximum Gasteiger partial charge on any atom is 0.161 e. The third kappa shape index (κ3) is 3.84. The van der Waals surface area contributed by atoms with Crippen LogP contribution in [0.1, 0.15) is 24.0 Å². The zero-order valence-electron chi connectivity index (χ0n) is 12.9. The van der Waals surface area contributed by atoms with E-state index in [0.29, 0.717) is 6.42 Å². The molecule has 0 unspecified atom stereocenters. The number of nitrogens with zero attached hydrogens (tertiary/aromatic N) is 2. The lowest BCUT2D eigenvalue weighted by Gasteiger charge is -2.10. The number of hydrogen-bond donors (Lipinski definition) is 1. The Hall–Kier alpha value is -2.30. The molecule has 0 saturated carbocycles. The SMILES string of the molecule is CCNc1cc(C)nc(Cc2ccc(OC)c(OC)c2)n1. The monoisotopic (exact) mass is 287 g/mol. The van der Waals surface area contributed by atoms with Gasteiger partial charge in [-0.05, 0) is 31.5 Å². The van der Waals surface area contributed by atoms with Crippen LogP contribution in [0.5, 0.6) is 11.5 Å². The number of rotatable bonds is 6. The average molecular weight is 287 g/mol. The van der Waals surface area contributed by atoms with E-state index in [1.54, 1.807) is 14.2 Å². The minimum Gasteiger partial charge on any atom is -0.493 e. The second kappa shape index (κ2) is 6.92. The summed E-state index contributed by atoms with van der Waals surface area (Å²) in [6, 6.07) is 7.80. The van der Waals surface area contributed by atoms with Crippen molar-refractivity contribution in [2.45, 2.75) is 20.3 Å². The van der Waals surface area contributed by atoms with Crippen LogP contribution in [0.4, 0.5) is 5.82 Å². The van der Waals surface area contributed by atoms with Crippen LogP contribution in [0.15, 0.2) is 24.3 Å². The fourth-order valence-electron chi connectivity index (χ4n) is 2.15. The lowest BCUT2D eigenvalue weighted by Crippen LogP contribution is -2.05. The third-order valence-electron chi connectivity index (χ3n) is 3.07. The van der Waals surface area contributed by atoms with Crippen molar-refractivity contribution >= 4 is 5.82 Å². The zero-order chi connectivity index (χ0) is 15.2. The van der Waals surface area contributed by atoms with Gasteiger partial charge in [0.2, 0.25) is 0 Å². The summed E-state index contributed by atoms with van der Waals surface area (Å²) in [6.07, 6.45) is 0.653. The molecule has 1 N–H and O–H groups in total. The standard InChI is InChI=1S/C16H21N3O2/c1-5-17-15-8-11(2)18-16(19-15)10-12-6-7-13(20-3)14(9-12)21-4/h6-9H,5,10H2,1-4H3,(H,17,18,19). The largest absolute Gasteiger partial charge is 0.493 e. The molecule has 0 aliphatic carbocycles. The molecule has 1 aromatic heterocycles. The van der Waals surface area contributed by atoms with E-state index in [0.717, 1.165) is 40.9 Å². The van der Waals surface area contributed by atoms with Crippen LogP contribution in [0, 0.1) is 6.92 Å². The molecule has 112 valence electrons. The van der Waals surface area contributed by atoms with Crippen LogP contribution in [-0.4, -0.2) is 30.7 Å². The average Bonchev–Trinajstić information content (AvgIpc) is 2.46. The van der Waals surface area contributed by atoms with Crippen molar-refractivity contribution in [3.63, 3.8) is 0 Å². The minimum absolute atomic E-state index is 0.653. The molecule has 5 nitrogen and oxygen atoms in total. The fourth-order valence-corrected chi connectivity index (χ4v) is 2.15. The van der Waals surface area contributed by atoms with Crippen molar-refractivity contribution in [1.29, 1.82) is 0 Å². The first-order chi connectivity index (χ1) is 10.2. The predicted molar refractivity (Wildman–Crippen MR) is 83.3 cm³/mol. The molecule has 0 spiro atoms. The van der Waals surface area contributed by atoms with E-state index in [2.05, 4.69) is 15.3 Å². The number of aryl methyl sites for hydroxylation is 1. The highest BCUT2D eigenvalue weighted by Gasteiger charge is 2.08. The van der Waals surface area contributed by atoms with E-state index in [9.17, 15) is 0 Å². The van der Waals surface area contributed by atoms with Crippen molar-refractivity contribution < 1.29 is 9.47 Å². The maximum absolute atomic E-state index is 5.32. The van der Waals surface area contributed by atoms with Gasteiger partial charge in [0.25, 0.3) is 0 Å². The van der Waals surface area contributed by atoms with E-state index in [1.165, 1.54) is 0 Å². The van der Waals surface area contributed by atoms with Crippen LogP contribution in [0.3, 0.4) is 0 Å². The van der Waals surface area contributed by atoms with Crippen molar-refractivity contribution in [3.05, 3.63) is 41.3 Å². The molecule has 0 aliphatic heterocycles. The first kappa shape index (κ1) is 15.1. The maximum atomic E-state index is 5.32. The van der Waals surface area contributed by atoms with Crippen molar-refractivity contribution in [2.75, 3.05) is 26.1 Å². The van der Waals surface area contributed by atoms with Gasteiger partial charge >= 0.3 is 0 Å². The molecule has 21 heavy (non-hydrogen) atoms. The van der Waals surface area contributed by atoms with Gasteiger partial charge in [0.1, 0.15) is 11.6 Å². The molecule has 1 aromatic carbocycles. The number of methoxy groups -OCH3 is 2. The first-order valence-electron chi connectivity index (χ1n) is 6.95. The van der Waals surface area contributed by atoms with Crippen LogP contribution in [0.25, 0.3) is 0 Å². The van der Waals surface area contributed by atoms with E-state index in [4.69, 9.17) is 9.47 Å². The van der Waals surface area contributed by atoms with Crippen LogP contribution >= 0.6 is 0 Å². The second-order valence-electron chi connectivity index (χ2n) is 4.71. The van der Waals surface area contributed by atoms with Crippen molar-refractivity contribution in [3.8, 4) is 11.5 Å². The summed E-state index contributed by atoms with van der Waals surface area (Å²) in [5.41, 5.74) is 2.04. The highest BCUT2D eigenvalue weighted by atomic mass is 16.5. The van der Waals surface area contributed by atoms with Gasteiger partial charge < -0.3 is 14.8 Å². The summed E-state index contributed by atoms with van der Waals surface area (Å²) < 4.78 is 10.6. The molecule has 0 bridgehead atoms. The Morgan fingerprint density at radius 3 is 2.48 bits per heavy atom. The summed E-state index contributed by atoms with van der Waals surface area (Å²) in [7, 11) is 3.26. The molecule has 0 atom stereocenters. The molecule has 0 aliphatic rings. The molecular weight excluding hydrogens is 266 g/mol. The summed E-state index contributed by atoms with van der Waals surface area (Å²) in [5.74, 6) is 3.09. The molecule has 1 heterocycles. The van der Waals surface area contributed by atoms with Gasteiger partial charge in [-0.3, -0.25) is 0 Å². The fraction of sp³-hybridized carbons (Fsp3) is 0.375. The summed E-state index contributed by atoms with van der Waals surface area (Å²) in [4.78, 5) is 9.01. The zero-order valence-corrected chi connectivity index (χ0v) is 12.9. The second-order valence-corrected chi connectivity index (χ2v) is 4.71. The Balaban J connectivity index is 2.25. The van der Waals surface area contributed by atoms with E-state index in [-0.39, 0.29) is 0 Å². The molecule has 0 radical (unpaired) electrons. The van der Waals surface area contributed by atoms with Gasteiger partial charge in [-0.2, -0.15) is 0 Å². The van der Waals surface area contributed by atoms with Gasteiger partial charge in [-0.1, -0.05) is 6.07 Å². The quantitative estimate of drug-likeness (QED) is 0.885. The molecule has 5 heteroatoms. The minimum atomic E-state index is 0.653. The van der Waals surface area contributed by atoms with Gasteiger partial charge in [-0.25, -0.2) is 9.97 Å². The number of aromatic nitrogens is 2. The molecule has 2 rings (SSSR count). The Labute approximate surface area is 125 Å². The normalized spacial score (nSPS) is 10.3. The summed E-state index contributed by atoms with van der Waals surface area (Å²) in [6.45, 7) is 4.86. The van der Waals surface area contributed by atoms with Crippen molar-refractivity contribution in [2.24, 2.45) is 0 Å². The Morgan fingerprint density at radius 2 is 1.81 bits per heavy atom. The van der Waals surface area contributed by atoms with Crippen LogP contribution in [0.2, 0.25) is 0 Å². The number of ether oxygens (including phenoxy) is 2. The molecule has 0 saturated heterocycles. The Kier molecular flexibility index (Phi) is 4.98. The van der Waals surface area contributed by atoms with E-state index < -0.39 is 0 Å². The van der Waals surface area contributed by atoms with E-state index in [1.807, 2.05) is 38.1 Å². The smallest absolute Gasteiger partial charge is 0.161 e. The highest BCUT2D eigenvalue weighted by Crippen LogP contribution is 2.28. The summed E-state index contributed by atoms with van der Waals surface area (Å²) in [5, 5.41) is 3.22. The number of anilines is 1. The predicted octanol–water partition coefficient (Wildman–Crippen LogP) is 2.82. The Morgan fingerprint density at radius 1 is 1.05 bits per heavy atom. The number of benzene rings is 1. The number of nitrogens with one attached hydrogen (secondary N) is 1. The van der Waals surface area contributed by atoms with Crippen molar-refractivity contribution in [1.82, 2.24) is 9.97 Å². The lowest BCUT2D eigenvalue weighted by molar-refractivity contribution is 0.354. The lowest BCUT2D eigenvalue weighted by atomic mass is 10.1. The molecule has 0 amide bonds. The van der Waals surface area contributed by atoms with Gasteiger partial charge in [0.15, 0.2) is 11.5 Å². The first-order valence-corrected chi connectivity index (χ1v) is 6.95. The molecule has 0 fully saturated rings. The molecular formula is C16H21N3O2. The molecule has 2 aromatic rings. The van der Waals surface area contributed by atoms with Crippen LogP contribution < -0.4 is 14.8 Å². The highest BCUT2D eigenvalue weighted by molar-refractivity contribution is 5.44. The number of hydrogen-bond acceptors (Lipinski definition) is 5.